The van der Waals surface area contributed by atoms with Crippen molar-refractivity contribution < 1.29 is 14.7 Å². The molecular formula is C12H15N3O3. The molecule has 0 aliphatic heterocycles. The van der Waals surface area contributed by atoms with Crippen molar-refractivity contribution in [2.75, 3.05) is 5.32 Å². The van der Waals surface area contributed by atoms with Crippen LogP contribution in [0.25, 0.3) is 0 Å². The van der Waals surface area contributed by atoms with E-state index >= 15 is 0 Å². The van der Waals surface area contributed by atoms with Crippen molar-refractivity contribution in [2.45, 2.75) is 31.8 Å². The van der Waals surface area contributed by atoms with E-state index in [1.54, 1.807) is 13.0 Å². The molecule has 0 bridgehead atoms. The van der Waals surface area contributed by atoms with Crippen LogP contribution in [0.1, 0.15) is 24.6 Å². The van der Waals surface area contributed by atoms with Crippen molar-refractivity contribution in [3.63, 3.8) is 0 Å². The zero-order chi connectivity index (χ0) is 13.3. The molecule has 1 atom stereocenters. The van der Waals surface area contributed by atoms with Crippen molar-refractivity contribution in [2.24, 2.45) is 5.73 Å². The van der Waals surface area contributed by atoms with Crippen molar-refractivity contribution >= 4 is 17.5 Å². The number of nitrogens with zero attached hydrogens (tertiary/aromatic N) is 1. The summed E-state index contributed by atoms with van der Waals surface area (Å²) in [5.74, 6) is -0.862. The number of amides is 2. The van der Waals surface area contributed by atoms with Gasteiger partial charge >= 0.3 is 0 Å². The maximum Gasteiger partial charge on any atom is 0.250 e. The minimum absolute atomic E-state index is 0.111. The number of carbonyl (C=O) groups excluding carboxylic acids is 2. The van der Waals surface area contributed by atoms with Crippen LogP contribution in [-0.4, -0.2) is 27.5 Å². The third kappa shape index (κ3) is 2.19. The highest BCUT2D eigenvalue weighted by molar-refractivity contribution is 5.90. The number of aliphatic hydroxyl groups is 1. The predicted octanol–water partition coefficient (Wildman–Crippen LogP) is -0.255. The number of anilines is 1. The quantitative estimate of drug-likeness (QED) is 0.686. The van der Waals surface area contributed by atoms with Gasteiger partial charge < -0.3 is 16.2 Å². The number of rotatable bonds is 3. The first-order valence-corrected chi connectivity index (χ1v) is 5.74. The molecular weight excluding hydrogens is 234 g/mol. The van der Waals surface area contributed by atoms with Crippen LogP contribution in [0.2, 0.25) is 0 Å². The average molecular weight is 249 g/mol. The van der Waals surface area contributed by atoms with Crippen LogP contribution in [0.15, 0.2) is 12.3 Å². The third-order valence-corrected chi connectivity index (χ3v) is 3.07. The molecule has 1 aliphatic rings. The molecule has 0 saturated heterocycles. The lowest BCUT2D eigenvalue weighted by Crippen LogP contribution is -2.44. The van der Waals surface area contributed by atoms with E-state index in [0.717, 1.165) is 5.56 Å². The summed E-state index contributed by atoms with van der Waals surface area (Å²) < 4.78 is 0. The Labute approximate surface area is 104 Å². The van der Waals surface area contributed by atoms with Crippen molar-refractivity contribution in [1.29, 1.82) is 0 Å². The fourth-order valence-corrected chi connectivity index (χ4v) is 2.00. The van der Waals surface area contributed by atoms with E-state index in [4.69, 9.17) is 5.73 Å². The largest absolute Gasteiger partial charge is 0.379 e. The van der Waals surface area contributed by atoms with Crippen LogP contribution >= 0.6 is 0 Å². The normalized spacial score (nSPS) is 21.4. The SMILES string of the molecule is CCC(=O)Nc1cnc2c(c1)CC(O)(C(N)=O)C2. The number of nitrogens with one attached hydrogen (secondary N) is 1. The fraction of sp³-hybridized carbons (Fsp3) is 0.417. The van der Waals surface area contributed by atoms with Crippen LogP contribution in [0.4, 0.5) is 5.69 Å². The predicted molar refractivity (Wildman–Crippen MR) is 64.7 cm³/mol. The second kappa shape index (κ2) is 4.38. The molecule has 1 unspecified atom stereocenters. The molecule has 2 rings (SSSR count). The number of nitrogens with two attached hydrogens (primary N) is 1. The second-order valence-corrected chi connectivity index (χ2v) is 4.48. The Kier molecular flexibility index (Phi) is 3.04. The molecule has 0 saturated carbocycles. The Hall–Kier alpha value is -1.95. The van der Waals surface area contributed by atoms with E-state index in [0.29, 0.717) is 17.8 Å². The van der Waals surface area contributed by atoms with Crippen molar-refractivity contribution in [3.05, 3.63) is 23.5 Å². The van der Waals surface area contributed by atoms with Gasteiger partial charge in [-0.3, -0.25) is 14.6 Å². The molecule has 18 heavy (non-hydrogen) atoms. The molecule has 6 heteroatoms. The molecule has 1 aromatic rings. The van der Waals surface area contributed by atoms with Crippen LogP contribution in [0.3, 0.4) is 0 Å². The van der Waals surface area contributed by atoms with Gasteiger partial charge in [-0.1, -0.05) is 6.92 Å². The van der Waals surface area contributed by atoms with E-state index in [1.807, 2.05) is 0 Å². The first-order chi connectivity index (χ1) is 8.44. The molecule has 1 heterocycles. The summed E-state index contributed by atoms with van der Waals surface area (Å²) in [6.45, 7) is 1.75. The van der Waals surface area contributed by atoms with E-state index in [1.165, 1.54) is 6.20 Å². The van der Waals surface area contributed by atoms with Crippen molar-refractivity contribution in [1.82, 2.24) is 4.98 Å². The summed E-state index contributed by atoms with van der Waals surface area (Å²) in [6.07, 6.45) is 2.15. The van der Waals surface area contributed by atoms with Gasteiger partial charge in [0.15, 0.2) is 5.60 Å². The van der Waals surface area contributed by atoms with Gasteiger partial charge in [0.2, 0.25) is 11.8 Å². The van der Waals surface area contributed by atoms with Crippen LogP contribution in [0, 0.1) is 0 Å². The first kappa shape index (κ1) is 12.5. The van der Waals surface area contributed by atoms with E-state index < -0.39 is 11.5 Å². The third-order valence-electron chi connectivity index (χ3n) is 3.07. The van der Waals surface area contributed by atoms with Gasteiger partial charge in [-0.2, -0.15) is 0 Å². The van der Waals surface area contributed by atoms with Gasteiger partial charge in [-0.05, 0) is 11.6 Å². The molecule has 96 valence electrons. The van der Waals surface area contributed by atoms with Gasteiger partial charge in [0.25, 0.3) is 0 Å². The van der Waals surface area contributed by atoms with Gasteiger partial charge in [0, 0.05) is 25.0 Å². The summed E-state index contributed by atoms with van der Waals surface area (Å²) in [6, 6.07) is 1.72. The maximum absolute atomic E-state index is 11.3. The van der Waals surface area contributed by atoms with Gasteiger partial charge in [0.1, 0.15) is 0 Å². The smallest absolute Gasteiger partial charge is 0.250 e. The van der Waals surface area contributed by atoms with E-state index in [-0.39, 0.29) is 18.7 Å². The van der Waals surface area contributed by atoms with E-state index in [9.17, 15) is 14.7 Å². The zero-order valence-electron chi connectivity index (χ0n) is 10.1. The fourth-order valence-electron chi connectivity index (χ4n) is 2.00. The molecule has 0 radical (unpaired) electrons. The number of pyridine rings is 1. The maximum atomic E-state index is 11.3. The highest BCUT2D eigenvalue weighted by Gasteiger charge is 2.41. The zero-order valence-corrected chi connectivity index (χ0v) is 10.1. The van der Waals surface area contributed by atoms with Gasteiger partial charge in [0.05, 0.1) is 11.9 Å². The Bertz CT molecular complexity index is 515. The molecule has 2 amide bonds. The Balaban J connectivity index is 2.22. The number of aromatic nitrogens is 1. The van der Waals surface area contributed by atoms with Crippen molar-refractivity contribution in [3.8, 4) is 0 Å². The monoisotopic (exact) mass is 249 g/mol. The Morgan fingerprint density at radius 2 is 2.28 bits per heavy atom. The summed E-state index contributed by atoms with van der Waals surface area (Å²) in [4.78, 5) is 26.6. The lowest BCUT2D eigenvalue weighted by atomic mass is 10.0. The Morgan fingerprint density at radius 1 is 1.56 bits per heavy atom. The van der Waals surface area contributed by atoms with Crippen LogP contribution in [-0.2, 0) is 22.4 Å². The number of primary amides is 1. The highest BCUT2D eigenvalue weighted by Crippen LogP contribution is 2.30. The van der Waals surface area contributed by atoms with E-state index in [2.05, 4.69) is 10.3 Å². The first-order valence-electron chi connectivity index (χ1n) is 5.74. The lowest BCUT2D eigenvalue weighted by molar-refractivity contribution is -0.135. The summed E-state index contributed by atoms with van der Waals surface area (Å²) in [7, 11) is 0. The number of hydrogen-bond donors (Lipinski definition) is 3. The molecule has 1 aromatic heterocycles. The topological polar surface area (TPSA) is 105 Å². The average Bonchev–Trinajstić information content (AvgIpc) is 2.66. The molecule has 6 nitrogen and oxygen atoms in total. The highest BCUT2D eigenvalue weighted by atomic mass is 16.3. The van der Waals surface area contributed by atoms with Crippen LogP contribution in [0.5, 0.6) is 0 Å². The lowest BCUT2D eigenvalue weighted by Gasteiger charge is -2.16. The number of fused-ring (bicyclic) bond motifs is 1. The minimum atomic E-state index is -1.55. The molecule has 4 N–H and O–H groups in total. The summed E-state index contributed by atoms with van der Waals surface area (Å²) in [5, 5.41) is 12.7. The second-order valence-electron chi connectivity index (χ2n) is 4.48. The summed E-state index contributed by atoms with van der Waals surface area (Å²) >= 11 is 0. The standard InChI is InChI=1S/C12H15N3O3/c1-2-10(16)15-8-3-7-4-12(18,11(13)17)5-9(7)14-6-8/h3,6,18H,2,4-5H2,1H3,(H2,13,17)(H,15,16). The number of carbonyl (C=O) groups is 2. The van der Waals surface area contributed by atoms with Gasteiger partial charge in [-0.25, -0.2) is 0 Å². The molecule has 1 aliphatic carbocycles. The van der Waals surface area contributed by atoms with Crippen LogP contribution < -0.4 is 11.1 Å². The van der Waals surface area contributed by atoms with Gasteiger partial charge in [-0.15, -0.1) is 0 Å². The minimum Gasteiger partial charge on any atom is -0.379 e. The summed E-state index contributed by atoms with van der Waals surface area (Å²) in [5.41, 5.74) is 5.56. The number of hydrogen-bond acceptors (Lipinski definition) is 4. The molecule has 0 aromatic carbocycles. The Morgan fingerprint density at radius 3 is 2.89 bits per heavy atom. The molecule has 0 spiro atoms. The molecule has 0 fully saturated rings.